The number of ether oxygens (including phenoxy) is 1. The van der Waals surface area contributed by atoms with Gasteiger partial charge in [0.05, 0.1) is 18.8 Å². The molecular formula is C22H28N3O+. The molecule has 0 saturated heterocycles. The van der Waals surface area contributed by atoms with E-state index in [-0.39, 0.29) is 5.60 Å². The molecule has 2 aromatic rings. The molecule has 1 aromatic carbocycles. The van der Waals surface area contributed by atoms with Crippen LogP contribution in [0.5, 0.6) is 0 Å². The second kappa shape index (κ2) is 7.88. The molecule has 1 aliphatic heterocycles. The number of hydrogen-bond donors (Lipinski definition) is 1. The fourth-order valence-corrected chi connectivity index (χ4v) is 3.51. The van der Waals surface area contributed by atoms with Gasteiger partial charge in [0.2, 0.25) is 0 Å². The van der Waals surface area contributed by atoms with Crippen LogP contribution in [0.4, 0.5) is 5.82 Å². The van der Waals surface area contributed by atoms with Gasteiger partial charge in [-0.25, -0.2) is 4.98 Å². The maximum absolute atomic E-state index is 9.86. The van der Waals surface area contributed by atoms with Crippen LogP contribution in [0.15, 0.2) is 30.3 Å². The third-order valence-corrected chi connectivity index (χ3v) is 4.93. The number of hydrogen-bond acceptors (Lipinski definition) is 3. The number of H-pyrrole nitrogens is 1. The van der Waals surface area contributed by atoms with Crippen LogP contribution in [0, 0.1) is 11.3 Å². The number of nitrogens with one attached hydrogen (secondary N) is 2. The summed E-state index contributed by atoms with van der Waals surface area (Å²) in [7, 11) is 0. The lowest BCUT2D eigenvalue weighted by atomic mass is 9.87. The summed E-state index contributed by atoms with van der Waals surface area (Å²) < 4.78 is 6.06. The topological polar surface area (TPSA) is 59.2 Å². The normalized spacial score (nSPS) is 15.2. The van der Waals surface area contributed by atoms with Gasteiger partial charge in [0, 0.05) is 17.5 Å². The van der Waals surface area contributed by atoms with Crippen LogP contribution < -0.4 is 10.3 Å². The molecule has 1 aliphatic rings. The van der Waals surface area contributed by atoms with Crippen LogP contribution in [-0.4, -0.2) is 12.1 Å². The molecule has 2 heterocycles. The summed E-state index contributed by atoms with van der Waals surface area (Å²) in [6, 6.07) is 12.7. The molecule has 0 bridgehead atoms. The number of aromatic nitrogens is 1. The molecule has 0 aliphatic carbocycles. The van der Waals surface area contributed by atoms with E-state index >= 15 is 0 Å². The highest BCUT2D eigenvalue weighted by Crippen LogP contribution is 2.35. The summed E-state index contributed by atoms with van der Waals surface area (Å²) in [6.45, 7) is 7.76. The Labute approximate surface area is 156 Å². The minimum absolute atomic E-state index is 0.257. The number of fused-ring (bicyclic) bond motifs is 1. The van der Waals surface area contributed by atoms with Gasteiger partial charge < -0.3 is 4.74 Å². The van der Waals surface area contributed by atoms with Gasteiger partial charge in [-0.15, -0.1) is 0 Å². The third-order valence-electron chi connectivity index (χ3n) is 4.93. The van der Waals surface area contributed by atoms with Gasteiger partial charge in [-0.1, -0.05) is 43.7 Å². The first-order valence-corrected chi connectivity index (χ1v) is 9.50. The molecule has 136 valence electrons. The zero-order valence-corrected chi connectivity index (χ0v) is 16.0. The van der Waals surface area contributed by atoms with E-state index in [0.29, 0.717) is 6.61 Å². The number of anilines is 1. The van der Waals surface area contributed by atoms with Crippen LogP contribution >= 0.6 is 0 Å². The summed E-state index contributed by atoms with van der Waals surface area (Å²) in [5.41, 5.74) is 4.85. The Balaban J connectivity index is 2.08. The van der Waals surface area contributed by atoms with Crippen molar-refractivity contribution >= 4 is 5.82 Å². The maximum Gasteiger partial charge on any atom is 0.291 e. The van der Waals surface area contributed by atoms with Crippen LogP contribution in [-0.2, 0) is 17.8 Å². The van der Waals surface area contributed by atoms with E-state index in [1.807, 2.05) is 18.2 Å². The summed E-state index contributed by atoms with van der Waals surface area (Å²) in [4.78, 5) is 3.50. The van der Waals surface area contributed by atoms with Crippen molar-refractivity contribution in [3.05, 3.63) is 47.0 Å². The Morgan fingerprint density at radius 3 is 2.65 bits per heavy atom. The van der Waals surface area contributed by atoms with Crippen LogP contribution in [0.2, 0.25) is 0 Å². The Hall–Kier alpha value is -2.38. The summed E-state index contributed by atoms with van der Waals surface area (Å²) >= 11 is 0. The average molecular weight is 350 g/mol. The largest absolute Gasteiger partial charge is 0.370 e. The lowest BCUT2D eigenvalue weighted by molar-refractivity contribution is -0.349. The second-order valence-electron chi connectivity index (χ2n) is 7.54. The minimum atomic E-state index is -0.257. The molecule has 0 amide bonds. The highest BCUT2D eigenvalue weighted by Gasteiger charge is 2.33. The summed E-state index contributed by atoms with van der Waals surface area (Å²) in [5, 5.41) is 13.3. The van der Waals surface area contributed by atoms with Gasteiger partial charge in [0.1, 0.15) is 17.3 Å². The highest BCUT2D eigenvalue weighted by atomic mass is 16.5. The van der Waals surface area contributed by atoms with Gasteiger partial charge in [-0.2, -0.15) is 5.26 Å². The number of nitrogens with zero attached hydrogens (tertiary/aromatic N) is 1. The van der Waals surface area contributed by atoms with Gasteiger partial charge in [0.25, 0.3) is 5.82 Å². The summed E-state index contributed by atoms with van der Waals surface area (Å²) in [5.74, 6) is 0.832. The van der Waals surface area contributed by atoms with Crippen LogP contribution in [0.25, 0.3) is 11.3 Å². The SMILES string of the molecule is CCCCCNc1[nH+]c(-c2ccccc2)c2c(c1C#N)CC(C)(C)OC2. The number of pyridine rings is 1. The van der Waals surface area contributed by atoms with Crippen molar-refractivity contribution in [2.45, 2.75) is 58.7 Å². The van der Waals surface area contributed by atoms with E-state index in [0.717, 1.165) is 53.2 Å². The molecule has 0 spiro atoms. The van der Waals surface area contributed by atoms with Crippen molar-refractivity contribution < 1.29 is 9.72 Å². The van der Waals surface area contributed by atoms with Gasteiger partial charge in [0.15, 0.2) is 0 Å². The van der Waals surface area contributed by atoms with Gasteiger partial charge >= 0.3 is 0 Å². The number of rotatable bonds is 6. The first kappa shape index (κ1) is 18.4. The van der Waals surface area contributed by atoms with E-state index in [2.05, 4.69) is 49.3 Å². The van der Waals surface area contributed by atoms with E-state index in [4.69, 9.17) is 4.74 Å². The number of benzene rings is 1. The van der Waals surface area contributed by atoms with Crippen molar-refractivity contribution in [3.8, 4) is 17.3 Å². The molecule has 4 heteroatoms. The lowest BCUT2D eigenvalue weighted by Crippen LogP contribution is -2.35. The van der Waals surface area contributed by atoms with Crippen LogP contribution in [0.1, 0.15) is 56.7 Å². The van der Waals surface area contributed by atoms with Crippen molar-refractivity contribution in [2.24, 2.45) is 0 Å². The molecule has 1 aromatic heterocycles. The quantitative estimate of drug-likeness (QED) is 0.781. The average Bonchev–Trinajstić information content (AvgIpc) is 2.64. The maximum atomic E-state index is 9.86. The smallest absolute Gasteiger partial charge is 0.291 e. The van der Waals surface area contributed by atoms with E-state index in [9.17, 15) is 5.26 Å². The van der Waals surface area contributed by atoms with E-state index < -0.39 is 0 Å². The molecule has 4 nitrogen and oxygen atoms in total. The predicted octanol–water partition coefficient (Wildman–Crippen LogP) is 4.49. The van der Waals surface area contributed by atoms with Crippen molar-refractivity contribution in [3.63, 3.8) is 0 Å². The zero-order chi connectivity index (χ0) is 18.6. The van der Waals surface area contributed by atoms with Crippen molar-refractivity contribution in [1.29, 1.82) is 5.26 Å². The molecule has 3 rings (SSSR count). The number of nitriles is 1. The van der Waals surface area contributed by atoms with Crippen molar-refractivity contribution in [1.82, 2.24) is 0 Å². The van der Waals surface area contributed by atoms with Gasteiger partial charge in [-0.05, 0) is 32.3 Å². The predicted molar refractivity (Wildman–Crippen MR) is 104 cm³/mol. The summed E-state index contributed by atoms with van der Waals surface area (Å²) in [6.07, 6.45) is 4.21. The molecule has 2 N–H and O–H groups in total. The first-order valence-electron chi connectivity index (χ1n) is 9.50. The molecule has 0 radical (unpaired) electrons. The van der Waals surface area contributed by atoms with E-state index in [1.165, 1.54) is 12.8 Å². The van der Waals surface area contributed by atoms with E-state index in [1.54, 1.807) is 0 Å². The molecular weight excluding hydrogens is 322 g/mol. The highest BCUT2D eigenvalue weighted by molar-refractivity contribution is 5.67. The first-order chi connectivity index (χ1) is 12.6. The second-order valence-corrected chi connectivity index (χ2v) is 7.54. The lowest BCUT2D eigenvalue weighted by Gasteiger charge is -2.32. The molecule has 0 atom stereocenters. The minimum Gasteiger partial charge on any atom is -0.370 e. The van der Waals surface area contributed by atoms with Gasteiger partial charge in [-0.3, -0.25) is 5.32 Å². The Morgan fingerprint density at radius 1 is 1.19 bits per heavy atom. The Morgan fingerprint density at radius 2 is 1.96 bits per heavy atom. The Bertz CT molecular complexity index is 806. The number of aromatic amines is 1. The fourth-order valence-electron chi connectivity index (χ4n) is 3.51. The van der Waals surface area contributed by atoms with Crippen molar-refractivity contribution in [2.75, 3.05) is 11.9 Å². The standard InChI is InChI=1S/C22H27N3O/c1-4-5-9-12-24-21-18(14-23)17-13-22(2,3)26-15-19(17)20(25-21)16-10-7-6-8-11-16/h6-8,10-11H,4-5,9,12-13,15H2,1-3H3,(H,24,25)/p+1. The molecule has 26 heavy (non-hydrogen) atoms. The van der Waals surface area contributed by atoms with Crippen LogP contribution in [0.3, 0.4) is 0 Å². The zero-order valence-electron chi connectivity index (χ0n) is 16.0. The number of unbranched alkanes of at least 4 members (excludes halogenated alkanes) is 2. The third kappa shape index (κ3) is 3.89. The molecule has 0 saturated carbocycles. The molecule has 0 unspecified atom stereocenters. The monoisotopic (exact) mass is 350 g/mol. The molecule has 0 fully saturated rings. The fraction of sp³-hybridized carbons (Fsp3) is 0.455. The Kier molecular flexibility index (Phi) is 5.58.